The van der Waals surface area contributed by atoms with Crippen molar-refractivity contribution in [3.05, 3.63) is 29.8 Å². The maximum absolute atomic E-state index is 11.5. The molecule has 0 radical (unpaired) electrons. The van der Waals surface area contributed by atoms with Crippen molar-refractivity contribution in [2.75, 3.05) is 45.9 Å². The van der Waals surface area contributed by atoms with Crippen LogP contribution in [0.4, 0.5) is 0 Å². The summed E-state index contributed by atoms with van der Waals surface area (Å²) in [6, 6.07) is 7.96. The number of carbonyl (C=O) groups excluding carboxylic acids is 1. The zero-order valence-corrected chi connectivity index (χ0v) is 16.8. The zero-order chi connectivity index (χ0) is 19.8. The first-order chi connectivity index (χ1) is 14.1. The lowest BCUT2D eigenvalue weighted by Crippen LogP contribution is -2.47. The van der Waals surface area contributed by atoms with E-state index in [1.807, 2.05) is 24.3 Å². The summed E-state index contributed by atoms with van der Waals surface area (Å²) in [6.45, 7) is 5.88. The zero-order valence-electron chi connectivity index (χ0n) is 16.8. The Kier molecular flexibility index (Phi) is 5.47. The van der Waals surface area contributed by atoms with Crippen LogP contribution in [0.3, 0.4) is 0 Å². The number of hydrogen-bond donors (Lipinski definition) is 2. The molecule has 29 heavy (non-hydrogen) atoms. The molecule has 1 aromatic rings. The molecule has 4 saturated heterocycles. The Morgan fingerprint density at radius 3 is 2.55 bits per heavy atom. The van der Waals surface area contributed by atoms with Crippen LogP contribution in [0.1, 0.15) is 18.4 Å². The first-order valence-corrected chi connectivity index (χ1v) is 10.9. The molecular weight excluding hydrogens is 370 g/mol. The minimum Gasteiger partial charge on any atom is -0.491 e. The van der Waals surface area contributed by atoms with Gasteiger partial charge in [-0.1, -0.05) is 12.1 Å². The van der Waals surface area contributed by atoms with Crippen molar-refractivity contribution in [1.29, 1.82) is 0 Å². The molecule has 7 nitrogen and oxygen atoms in total. The highest BCUT2D eigenvalue weighted by Gasteiger charge is 2.52. The number of aliphatic hydroxyl groups excluding tert-OH is 1. The first kappa shape index (κ1) is 19.3. The van der Waals surface area contributed by atoms with Gasteiger partial charge < -0.3 is 19.9 Å². The molecule has 1 unspecified atom stereocenters. The van der Waals surface area contributed by atoms with Gasteiger partial charge in [-0.25, -0.2) is 0 Å². The summed E-state index contributed by atoms with van der Waals surface area (Å²) in [7, 11) is 0. The van der Waals surface area contributed by atoms with Crippen LogP contribution in [0.2, 0.25) is 0 Å². The molecule has 0 saturated carbocycles. The molecule has 2 N–H and O–H groups in total. The fourth-order valence-electron chi connectivity index (χ4n) is 5.52. The monoisotopic (exact) mass is 401 g/mol. The number of aliphatic hydroxyl groups is 1. The lowest BCUT2D eigenvalue weighted by atomic mass is 9.82. The molecule has 2 bridgehead atoms. The number of carbonyl (C=O) groups is 1. The van der Waals surface area contributed by atoms with Gasteiger partial charge in [0.2, 0.25) is 5.91 Å². The third-order valence-electron chi connectivity index (χ3n) is 6.89. The summed E-state index contributed by atoms with van der Waals surface area (Å²) >= 11 is 0. The number of β-amino-alcohol motifs (C(OH)–C–C–N with tert-alkyl or cyclic N) is 1. The van der Waals surface area contributed by atoms with Crippen molar-refractivity contribution >= 4 is 5.91 Å². The maximum atomic E-state index is 11.5. The number of ether oxygens (including phenoxy) is 2. The number of fused-ring (bicyclic) bond motifs is 5. The number of benzene rings is 1. The van der Waals surface area contributed by atoms with Crippen LogP contribution in [0.15, 0.2) is 24.3 Å². The van der Waals surface area contributed by atoms with Crippen LogP contribution in [0.5, 0.6) is 5.75 Å². The largest absolute Gasteiger partial charge is 0.491 e. The number of likely N-dealkylation sites (tertiary alicyclic amines) is 1. The molecule has 158 valence electrons. The molecule has 4 heterocycles. The fraction of sp³-hybridized carbons (Fsp3) is 0.682. The van der Waals surface area contributed by atoms with Gasteiger partial charge >= 0.3 is 0 Å². The van der Waals surface area contributed by atoms with E-state index >= 15 is 0 Å². The van der Waals surface area contributed by atoms with Gasteiger partial charge in [0.15, 0.2) is 0 Å². The lowest BCUT2D eigenvalue weighted by Gasteiger charge is -2.26. The number of piperazine rings is 1. The summed E-state index contributed by atoms with van der Waals surface area (Å²) in [5.41, 5.74) is 1.16. The molecule has 0 spiro atoms. The summed E-state index contributed by atoms with van der Waals surface area (Å²) in [4.78, 5) is 16.0. The van der Waals surface area contributed by atoms with E-state index in [2.05, 4.69) is 15.1 Å². The summed E-state index contributed by atoms with van der Waals surface area (Å²) in [5, 5.41) is 13.3. The van der Waals surface area contributed by atoms with Gasteiger partial charge in [-0.2, -0.15) is 0 Å². The Hall–Kier alpha value is -1.67. The van der Waals surface area contributed by atoms with Crippen LogP contribution < -0.4 is 10.1 Å². The molecule has 5 atom stereocenters. The van der Waals surface area contributed by atoms with Gasteiger partial charge in [0.1, 0.15) is 18.5 Å². The third-order valence-corrected chi connectivity index (χ3v) is 6.89. The van der Waals surface area contributed by atoms with Crippen molar-refractivity contribution in [2.24, 2.45) is 11.8 Å². The highest BCUT2D eigenvalue weighted by atomic mass is 16.5. The first-order valence-electron chi connectivity index (χ1n) is 10.9. The van der Waals surface area contributed by atoms with Crippen molar-refractivity contribution in [2.45, 2.75) is 37.7 Å². The van der Waals surface area contributed by atoms with E-state index in [1.54, 1.807) is 0 Å². The van der Waals surface area contributed by atoms with Crippen molar-refractivity contribution in [3.63, 3.8) is 0 Å². The highest BCUT2D eigenvalue weighted by Crippen LogP contribution is 2.47. The molecule has 1 aromatic carbocycles. The predicted octanol–water partition coefficient (Wildman–Crippen LogP) is 0.467. The van der Waals surface area contributed by atoms with E-state index in [0.717, 1.165) is 37.5 Å². The van der Waals surface area contributed by atoms with Gasteiger partial charge in [-0.3, -0.25) is 14.6 Å². The molecule has 0 aliphatic carbocycles. The Morgan fingerprint density at radius 1 is 1.14 bits per heavy atom. The van der Waals surface area contributed by atoms with Crippen LogP contribution >= 0.6 is 0 Å². The van der Waals surface area contributed by atoms with E-state index in [4.69, 9.17) is 9.47 Å². The lowest BCUT2D eigenvalue weighted by molar-refractivity contribution is -0.124. The minimum absolute atomic E-state index is 0.0898. The van der Waals surface area contributed by atoms with E-state index in [1.165, 1.54) is 12.8 Å². The van der Waals surface area contributed by atoms with Crippen LogP contribution in [0, 0.1) is 11.8 Å². The average molecular weight is 402 g/mol. The summed E-state index contributed by atoms with van der Waals surface area (Å²) < 4.78 is 11.8. The van der Waals surface area contributed by atoms with Gasteiger partial charge in [0.05, 0.1) is 18.8 Å². The normalized spacial score (nSPS) is 32.9. The molecule has 4 aliphatic heterocycles. The number of nitrogens with zero attached hydrogens (tertiary/aromatic N) is 2. The van der Waals surface area contributed by atoms with Crippen LogP contribution in [-0.2, 0) is 16.1 Å². The Morgan fingerprint density at radius 2 is 1.86 bits per heavy atom. The number of hydrogen-bond acceptors (Lipinski definition) is 6. The second-order valence-corrected chi connectivity index (χ2v) is 9.01. The summed E-state index contributed by atoms with van der Waals surface area (Å²) in [6.07, 6.45) is 2.86. The topological polar surface area (TPSA) is 74.3 Å². The third kappa shape index (κ3) is 4.28. The molecule has 4 fully saturated rings. The predicted molar refractivity (Wildman–Crippen MR) is 108 cm³/mol. The number of amides is 1. The van der Waals surface area contributed by atoms with Crippen molar-refractivity contribution < 1.29 is 19.4 Å². The molecule has 7 heteroatoms. The van der Waals surface area contributed by atoms with E-state index in [0.29, 0.717) is 50.3 Å². The van der Waals surface area contributed by atoms with E-state index < -0.39 is 6.10 Å². The Labute approximate surface area is 171 Å². The second-order valence-electron chi connectivity index (χ2n) is 9.01. The molecule has 5 rings (SSSR count). The van der Waals surface area contributed by atoms with Crippen molar-refractivity contribution in [1.82, 2.24) is 15.1 Å². The van der Waals surface area contributed by atoms with Gasteiger partial charge in [0.25, 0.3) is 0 Å². The Balaban J connectivity index is 1.05. The highest BCUT2D eigenvalue weighted by molar-refractivity contribution is 5.78. The van der Waals surface area contributed by atoms with Crippen LogP contribution in [0.25, 0.3) is 0 Å². The molecule has 0 aromatic heterocycles. The summed E-state index contributed by atoms with van der Waals surface area (Å²) in [5.74, 6) is 2.20. The number of nitrogens with one attached hydrogen (secondary N) is 1. The molecule has 1 amide bonds. The van der Waals surface area contributed by atoms with Gasteiger partial charge in [0, 0.05) is 51.1 Å². The number of rotatable bonds is 7. The standard InChI is InChI=1S/C22H31N3O4/c26-16(10-25-11-18-19(12-25)21-6-5-20(18)29-21)14-28-17-3-1-15(2-4-17)9-24-8-7-23-22(27)13-24/h1-4,16,18-21,26H,5-14H2,(H,23,27)/t16?,18-,19+,20+,21-. The van der Waals surface area contributed by atoms with Gasteiger partial charge in [-0.05, 0) is 30.5 Å². The fourth-order valence-corrected chi connectivity index (χ4v) is 5.52. The smallest absolute Gasteiger partial charge is 0.234 e. The maximum Gasteiger partial charge on any atom is 0.234 e. The second kappa shape index (κ2) is 8.22. The average Bonchev–Trinajstić information content (AvgIpc) is 3.41. The SMILES string of the molecule is O=C1CN(Cc2ccc(OCC(O)CN3C[C@@H]4[C@H](C3)[C@H]3CC[C@@H]4O3)cc2)CCN1. The van der Waals surface area contributed by atoms with Crippen LogP contribution in [-0.4, -0.2) is 85.0 Å². The van der Waals surface area contributed by atoms with E-state index in [-0.39, 0.29) is 5.91 Å². The quantitative estimate of drug-likeness (QED) is 0.692. The van der Waals surface area contributed by atoms with E-state index in [9.17, 15) is 9.90 Å². The Bertz CT molecular complexity index is 709. The molecular formula is C22H31N3O4. The van der Waals surface area contributed by atoms with Gasteiger partial charge in [-0.15, -0.1) is 0 Å². The van der Waals surface area contributed by atoms with Crippen molar-refractivity contribution in [3.8, 4) is 5.75 Å². The minimum atomic E-state index is -0.487. The molecule has 4 aliphatic rings.